The van der Waals surface area contributed by atoms with Crippen molar-refractivity contribution in [3.05, 3.63) is 53.6 Å². The lowest BCUT2D eigenvalue weighted by Gasteiger charge is -2.23. The molecule has 1 amide bonds. The Morgan fingerprint density at radius 1 is 1.00 bits per heavy atom. The lowest BCUT2D eigenvalue weighted by Crippen LogP contribution is -2.35. The molecule has 3 aromatic rings. The number of hydrogen-bond acceptors (Lipinski definition) is 5. The van der Waals surface area contributed by atoms with Crippen LogP contribution in [-0.2, 0) is 0 Å². The van der Waals surface area contributed by atoms with Gasteiger partial charge in [-0.25, -0.2) is 4.39 Å². The van der Waals surface area contributed by atoms with Crippen LogP contribution < -0.4 is 4.90 Å². The normalized spacial score (nSPS) is 15.3. The molecule has 8 heteroatoms. The summed E-state index contributed by atoms with van der Waals surface area (Å²) in [5, 5.41) is 12.7. The Balaban J connectivity index is 1.49. The summed E-state index contributed by atoms with van der Waals surface area (Å²) in [7, 11) is 0. The van der Waals surface area contributed by atoms with Crippen molar-refractivity contribution in [1.82, 2.24) is 24.7 Å². The van der Waals surface area contributed by atoms with Crippen molar-refractivity contribution in [2.75, 3.05) is 31.1 Å². The number of amides is 1. The fraction of sp³-hybridized carbons (Fsp3) is 0.333. The van der Waals surface area contributed by atoms with Gasteiger partial charge in [-0.15, -0.1) is 15.3 Å². The lowest BCUT2D eigenvalue weighted by atomic mass is 10.2. The summed E-state index contributed by atoms with van der Waals surface area (Å²) < 4.78 is 14.8. The number of nitrogens with zero attached hydrogens (tertiary/aromatic N) is 6. The number of aromatic nitrogens is 4. The van der Waals surface area contributed by atoms with Crippen LogP contribution in [0.4, 0.5) is 10.2 Å². The van der Waals surface area contributed by atoms with Crippen molar-refractivity contribution in [2.24, 2.45) is 0 Å². The monoisotopic (exact) mass is 354 g/mol. The van der Waals surface area contributed by atoms with Gasteiger partial charge in [-0.3, -0.25) is 4.79 Å². The first-order valence-electron chi connectivity index (χ1n) is 8.61. The number of fused-ring (bicyclic) bond motifs is 1. The van der Waals surface area contributed by atoms with E-state index in [9.17, 15) is 9.18 Å². The molecule has 26 heavy (non-hydrogen) atoms. The molecular weight excluding hydrogens is 335 g/mol. The minimum absolute atomic E-state index is 0.0649. The Bertz CT molecular complexity index is 939. The summed E-state index contributed by atoms with van der Waals surface area (Å²) in [4.78, 5) is 16.6. The van der Waals surface area contributed by atoms with Crippen molar-refractivity contribution in [3.8, 4) is 0 Å². The average Bonchev–Trinajstić information content (AvgIpc) is 2.87. The van der Waals surface area contributed by atoms with Gasteiger partial charge in [0.05, 0.1) is 0 Å². The molecule has 0 aliphatic carbocycles. The molecule has 1 aromatic carbocycles. The third-order valence-corrected chi connectivity index (χ3v) is 4.60. The number of hydrogen-bond donors (Lipinski definition) is 0. The van der Waals surface area contributed by atoms with Crippen molar-refractivity contribution in [3.63, 3.8) is 0 Å². The van der Waals surface area contributed by atoms with Crippen molar-refractivity contribution in [1.29, 1.82) is 0 Å². The molecule has 4 rings (SSSR count). The summed E-state index contributed by atoms with van der Waals surface area (Å²) in [6.45, 7) is 4.62. The van der Waals surface area contributed by atoms with Crippen LogP contribution in [0, 0.1) is 12.7 Å². The smallest absolute Gasteiger partial charge is 0.253 e. The first-order valence-corrected chi connectivity index (χ1v) is 8.61. The average molecular weight is 354 g/mol. The molecule has 134 valence electrons. The van der Waals surface area contributed by atoms with Gasteiger partial charge < -0.3 is 9.80 Å². The molecule has 2 aromatic heterocycles. The Hall–Kier alpha value is -3.03. The van der Waals surface area contributed by atoms with E-state index in [4.69, 9.17) is 0 Å². The Kier molecular flexibility index (Phi) is 4.24. The maximum atomic E-state index is 13.1. The fourth-order valence-electron chi connectivity index (χ4n) is 3.18. The molecule has 1 fully saturated rings. The van der Waals surface area contributed by atoms with Crippen LogP contribution in [0.2, 0.25) is 0 Å². The van der Waals surface area contributed by atoms with Crippen molar-refractivity contribution >= 4 is 17.4 Å². The van der Waals surface area contributed by atoms with Gasteiger partial charge in [0, 0.05) is 31.7 Å². The third kappa shape index (κ3) is 3.10. The topological polar surface area (TPSA) is 66.6 Å². The van der Waals surface area contributed by atoms with E-state index in [2.05, 4.69) is 20.2 Å². The number of benzene rings is 1. The number of carbonyl (C=O) groups is 1. The Morgan fingerprint density at radius 2 is 1.81 bits per heavy atom. The predicted molar refractivity (Wildman–Crippen MR) is 94.7 cm³/mol. The van der Waals surface area contributed by atoms with Gasteiger partial charge in [-0.1, -0.05) is 0 Å². The van der Waals surface area contributed by atoms with E-state index in [1.165, 1.54) is 24.3 Å². The van der Waals surface area contributed by atoms with E-state index in [0.717, 1.165) is 24.6 Å². The Labute approximate surface area is 150 Å². The van der Waals surface area contributed by atoms with E-state index in [1.54, 1.807) is 4.52 Å². The zero-order chi connectivity index (χ0) is 18.1. The third-order valence-electron chi connectivity index (χ3n) is 4.60. The molecular formula is C18H19FN6O. The highest BCUT2D eigenvalue weighted by molar-refractivity contribution is 5.94. The van der Waals surface area contributed by atoms with Crippen LogP contribution >= 0.6 is 0 Å². The van der Waals surface area contributed by atoms with Crippen LogP contribution in [0.15, 0.2) is 36.4 Å². The zero-order valence-corrected chi connectivity index (χ0v) is 14.5. The van der Waals surface area contributed by atoms with Crippen LogP contribution in [0.3, 0.4) is 0 Å². The molecule has 3 heterocycles. The van der Waals surface area contributed by atoms with Crippen LogP contribution in [-0.4, -0.2) is 56.8 Å². The number of carbonyl (C=O) groups excluding carboxylic acids is 1. The van der Waals surface area contributed by atoms with E-state index >= 15 is 0 Å². The molecule has 0 radical (unpaired) electrons. The number of anilines is 1. The molecule has 1 aliphatic rings. The van der Waals surface area contributed by atoms with Gasteiger partial charge in [0.15, 0.2) is 11.5 Å². The highest BCUT2D eigenvalue weighted by atomic mass is 19.1. The summed E-state index contributed by atoms with van der Waals surface area (Å²) in [6.07, 6.45) is 0.841. The fourth-order valence-corrected chi connectivity index (χ4v) is 3.18. The Morgan fingerprint density at radius 3 is 2.62 bits per heavy atom. The van der Waals surface area contributed by atoms with Gasteiger partial charge in [0.2, 0.25) is 0 Å². The molecule has 0 spiro atoms. The molecule has 7 nitrogen and oxygen atoms in total. The summed E-state index contributed by atoms with van der Waals surface area (Å²) in [6, 6.07) is 9.53. The molecule has 0 N–H and O–H groups in total. The number of halogens is 1. The number of aryl methyl sites for hydroxylation is 1. The molecule has 0 unspecified atom stereocenters. The van der Waals surface area contributed by atoms with Gasteiger partial charge >= 0.3 is 0 Å². The minimum atomic E-state index is -0.339. The second-order valence-corrected chi connectivity index (χ2v) is 6.35. The maximum Gasteiger partial charge on any atom is 0.253 e. The predicted octanol–water partition coefficient (Wildman–Crippen LogP) is 1.92. The molecule has 0 atom stereocenters. The van der Waals surface area contributed by atoms with Crippen LogP contribution in [0.25, 0.3) is 5.65 Å². The standard InChI is InChI=1S/C18H19FN6O/c1-13-20-21-16-7-8-17(22-25(13)16)23-9-2-10-24(12-11-23)18(26)14-3-5-15(19)6-4-14/h3-8H,2,9-12H2,1H3. The minimum Gasteiger partial charge on any atom is -0.353 e. The highest BCUT2D eigenvalue weighted by Crippen LogP contribution is 2.16. The summed E-state index contributed by atoms with van der Waals surface area (Å²) >= 11 is 0. The van der Waals surface area contributed by atoms with Gasteiger partial charge in [0.1, 0.15) is 11.6 Å². The van der Waals surface area contributed by atoms with Gasteiger partial charge in [0.25, 0.3) is 5.91 Å². The van der Waals surface area contributed by atoms with Gasteiger partial charge in [-0.2, -0.15) is 4.52 Å². The van der Waals surface area contributed by atoms with E-state index in [-0.39, 0.29) is 11.7 Å². The van der Waals surface area contributed by atoms with E-state index in [1.807, 2.05) is 24.0 Å². The zero-order valence-electron chi connectivity index (χ0n) is 14.5. The van der Waals surface area contributed by atoms with Crippen molar-refractivity contribution in [2.45, 2.75) is 13.3 Å². The van der Waals surface area contributed by atoms with Crippen molar-refractivity contribution < 1.29 is 9.18 Å². The van der Waals surface area contributed by atoms with Crippen LogP contribution in [0.1, 0.15) is 22.6 Å². The molecule has 0 saturated carbocycles. The second-order valence-electron chi connectivity index (χ2n) is 6.35. The van der Waals surface area contributed by atoms with Gasteiger partial charge in [-0.05, 0) is 49.7 Å². The molecule has 0 bridgehead atoms. The summed E-state index contributed by atoms with van der Waals surface area (Å²) in [5.74, 6) is 1.18. The van der Waals surface area contributed by atoms with E-state index in [0.29, 0.717) is 30.8 Å². The highest BCUT2D eigenvalue weighted by Gasteiger charge is 2.21. The first-order chi connectivity index (χ1) is 12.6. The maximum absolute atomic E-state index is 13.1. The largest absolute Gasteiger partial charge is 0.353 e. The number of rotatable bonds is 2. The van der Waals surface area contributed by atoms with Crippen LogP contribution in [0.5, 0.6) is 0 Å². The lowest BCUT2D eigenvalue weighted by molar-refractivity contribution is 0.0767. The second kappa shape index (κ2) is 6.70. The molecule has 1 aliphatic heterocycles. The quantitative estimate of drug-likeness (QED) is 0.703. The summed E-state index contributed by atoms with van der Waals surface area (Å²) in [5.41, 5.74) is 1.23. The first kappa shape index (κ1) is 16.4. The molecule has 1 saturated heterocycles. The SMILES string of the molecule is Cc1nnc2ccc(N3CCCN(C(=O)c4ccc(F)cc4)CC3)nn12. The van der Waals surface area contributed by atoms with E-state index < -0.39 is 0 Å².